The van der Waals surface area contributed by atoms with Gasteiger partial charge in [0.1, 0.15) is 72.6 Å². The van der Waals surface area contributed by atoms with E-state index in [-0.39, 0.29) is 0 Å². The molecule has 1 unspecified atom stereocenters. The molecule has 0 saturated carbocycles. The van der Waals surface area contributed by atoms with E-state index in [1.165, 1.54) is 11.1 Å². The van der Waals surface area contributed by atoms with Crippen LogP contribution in [0.5, 0.6) is 34.5 Å². The molecule has 0 radical (unpaired) electrons. The highest BCUT2D eigenvalue weighted by Gasteiger charge is 2.17. The summed E-state index contributed by atoms with van der Waals surface area (Å²) in [6, 6.07) is 47.7. The normalized spacial score (nSPS) is 15.2. The van der Waals surface area contributed by atoms with Gasteiger partial charge in [-0.25, -0.2) is 0 Å². The lowest BCUT2D eigenvalue weighted by molar-refractivity contribution is 0.0769. The predicted octanol–water partition coefficient (Wildman–Crippen LogP) is 8.97. The average molecular weight is 1050 g/mol. The standard InChI is InChI=1S/2C22H27NO3.C21H25NO3/c2*1-25-21-9-6-7-18(15-21)11-12-19-8-2-3-10-22(19)26-17-20(24)16-23-13-4-5-14-23;23-19-8-5-6-17(14-19)10-11-18-7-1-2-9-21(18)25-16-20(24)15-22-12-3-4-13-22/h2*2-10,15,20,24H,11-14,16-17H2,1H3;1-9,14,20,23-24H,10-13,15-16H2/t20-;;20-/m1.0/s1. The largest absolute Gasteiger partial charge is 0.508 e. The van der Waals surface area contributed by atoms with E-state index in [2.05, 4.69) is 93.6 Å². The van der Waals surface area contributed by atoms with Crippen molar-refractivity contribution in [1.82, 2.24) is 14.7 Å². The Morgan fingerprint density at radius 2 is 0.688 bits per heavy atom. The number of para-hydroxylation sites is 3. The molecular formula is C65H79N3O9. The third kappa shape index (κ3) is 20.5. The lowest BCUT2D eigenvalue weighted by atomic mass is 10.0. The first-order chi connectivity index (χ1) is 37.7. The molecule has 0 saturated heterocycles. The average Bonchev–Trinajstić information content (AvgIpc) is 4.30. The first-order valence-corrected chi connectivity index (χ1v) is 27.0. The van der Waals surface area contributed by atoms with Gasteiger partial charge in [0, 0.05) is 58.9 Å². The van der Waals surface area contributed by atoms with Gasteiger partial charge in [0.2, 0.25) is 0 Å². The number of aliphatic hydroxyl groups excluding tert-OH is 3. The number of methoxy groups -OCH3 is 2. The molecule has 3 heterocycles. The summed E-state index contributed by atoms with van der Waals surface area (Å²) < 4.78 is 28.3. The number of hydrogen-bond donors (Lipinski definition) is 4. The van der Waals surface area contributed by atoms with E-state index < -0.39 is 18.3 Å². The summed E-state index contributed by atoms with van der Waals surface area (Å²) in [5, 5.41) is 40.2. The first-order valence-electron chi connectivity index (χ1n) is 27.0. The zero-order chi connectivity index (χ0) is 53.9. The second-order valence-corrected chi connectivity index (χ2v) is 19.7. The van der Waals surface area contributed by atoms with E-state index in [0.717, 1.165) is 129 Å². The number of benzene rings is 6. The number of rotatable bonds is 26. The van der Waals surface area contributed by atoms with E-state index in [1.807, 2.05) is 91.0 Å². The zero-order valence-corrected chi connectivity index (χ0v) is 45.0. The highest BCUT2D eigenvalue weighted by Crippen LogP contribution is 2.25. The smallest absolute Gasteiger partial charge is 0.122 e. The Bertz CT molecular complexity index is 2610. The predicted molar refractivity (Wildman–Crippen MR) is 307 cm³/mol. The van der Waals surface area contributed by atoms with Gasteiger partial charge in [-0.05, 0) is 127 Å². The summed E-state index contributed by atoms with van der Waals surface area (Å²) in [4.78, 5) is 6.58. The number of hydrogen-bond acceptors (Lipinski definition) is 12. The number of nitrogens with zero attached hydrogens (tertiary/aromatic N) is 3. The van der Waals surface area contributed by atoms with E-state index in [1.54, 1.807) is 26.4 Å². The summed E-state index contributed by atoms with van der Waals surface area (Å²) in [6.45, 7) is 8.26. The van der Waals surface area contributed by atoms with Crippen LogP contribution in [0.2, 0.25) is 0 Å². The van der Waals surface area contributed by atoms with Crippen LogP contribution >= 0.6 is 0 Å². The van der Waals surface area contributed by atoms with E-state index in [4.69, 9.17) is 23.7 Å². The van der Waals surface area contributed by atoms with Gasteiger partial charge in [0.15, 0.2) is 0 Å². The molecule has 6 aromatic rings. The molecule has 4 N–H and O–H groups in total. The minimum absolute atomic E-state index is 0.291. The molecular weight excluding hydrogens is 967 g/mol. The van der Waals surface area contributed by atoms with Crippen molar-refractivity contribution in [3.8, 4) is 34.5 Å². The molecule has 0 aliphatic carbocycles. The summed E-state index contributed by atoms with van der Waals surface area (Å²) in [5.74, 6) is 4.59. The summed E-state index contributed by atoms with van der Waals surface area (Å²) in [7, 11) is 3.37. The van der Waals surface area contributed by atoms with Gasteiger partial charge in [-0.1, -0.05) is 127 Å². The monoisotopic (exact) mass is 1050 g/mol. The molecule has 0 amide bonds. The Labute approximate surface area is 456 Å². The molecule has 9 rings (SSSR count). The van der Waals surface area contributed by atoms with Crippen LogP contribution in [0.15, 0.2) is 182 Å². The molecule has 0 fully saturated rings. The number of aromatic hydroxyl groups is 1. The van der Waals surface area contributed by atoms with Gasteiger partial charge in [-0.2, -0.15) is 0 Å². The van der Waals surface area contributed by atoms with Crippen LogP contribution in [-0.2, 0) is 38.5 Å². The topological polar surface area (TPSA) is 137 Å². The van der Waals surface area contributed by atoms with E-state index in [0.29, 0.717) is 45.2 Å². The van der Waals surface area contributed by atoms with E-state index in [9.17, 15) is 20.4 Å². The Morgan fingerprint density at radius 1 is 0.377 bits per heavy atom. The van der Waals surface area contributed by atoms with Crippen LogP contribution in [0.4, 0.5) is 0 Å². The maximum atomic E-state index is 10.2. The van der Waals surface area contributed by atoms with Crippen molar-refractivity contribution in [1.29, 1.82) is 0 Å². The Morgan fingerprint density at radius 3 is 1.01 bits per heavy atom. The molecule has 3 aliphatic rings. The van der Waals surface area contributed by atoms with Crippen LogP contribution in [0, 0.1) is 0 Å². The van der Waals surface area contributed by atoms with Gasteiger partial charge in [-0.3, -0.25) is 14.7 Å². The number of phenols is 1. The van der Waals surface area contributed by atoms with Crippen LogP contribution in [-0.4, -0.2) is 146 Å². The van der Waals surface area contributed by atoms with Crippen molar-refractivity contribution >= 4 is 0 Å². The van der Waals surface area contributed by atoms with Crippen molar-refractivity contribution in [2.45, 2.75) is 56.8 Å². The lowest BCUT2D eigenvalue weighted by Crippen LogP contribution is -2.34. The number of β-amino-alcohol motifs (C(OH)–C–C–N with tert-alkyl or cyclic N) is 3. The second-order valence-electron chi connectivity index (χ2n) is 19.7. The summed E-state index contributed by atoms with van der Waals surface area (Å²) in [6.07, 6.45) is 16.5. The van der Waals surface area contributed by atoms with Crippen molar-refractivity contribution in [2.75, 3.05) is 92.9 Å². The number of ether oxygens (including phenoxy) is 5. The molecule has 0 bridgehead atoms. The molecule has 12 heteroatoms. The maximum absolute atomic E-state index is 10.2. The minimum atomic E-state index is -0.501. The zero-order valence-electron chi connectivity index (χ0n) is 45.0. The minimum Gasteiger partial charge on any atom is -0.508 e. The number of phenolic OH excluding ortho intramolecular Hbond substituents is 1. The van der Waals surface area contributed by atoms with Gasteiger partial charge < -0.3 is 44.1 Å². The van der Waals surface area contributed by atoms with Gasteiger partial charge in [0.05, 0.1) is 14.2 Å². The fraction of sp³-hybridized carbons (Fsp3) is 0.354. The highest BCUT2D eigenvalue weighted by atomic mass is 16.5. The molecule has 12 nitrogen and oxygen atoms in total. The number of aryl methyl sites for hydroxylation is 6. The van der Waals surface area contributed by atoms with Crippen molar-refractivity contribution in [3.05, 3.63) is 215 Å². The molecule has 0 aromatic heterocycles. The lowest BCUT2D eigenvalue weighted by Gasteiger charge is -2.20. The second kappa shape index (κ2) is 32.0. The van der Waals surface area contributed by atoms with Crippen molar-refractivity contribution < 1.29 is 44.1 Å². The number of aliphatic hydroxyl groups is 3. The Hall–Kier alpha value is -6.90. The quantitative estimate of drug-likeness (QED) is 0.0386. The van der Waals surface area contributed by atoms with Gasteiger partial charge in [-0.15, -0.1) is 0 Å². The van der Waals surface area contributed by atoms with E-state index >= 15 is 0 Å². The third-order valence-electron chi connectivity index (χ3n) is 13.5. The summed E-state index contributed by atoms with van der Waals surface area (Å²) in [5.41, 5.74) is 6.99. The van der Waals surface area contributed by atoms with Gasteiger partial charge in [0.25, 0.3) is 0 Å². The van der Waals surface area contributed by atoms with Crippen LogP contribution < -0.4 is 23.7 Å². The molecule has 77 heavy (non-hydrogen) atoms. The van der Waals surface area contributed by atoms with Crippen LogP contribution in [0.3, 0.4) is 0 Å². The van der Waals surface area contributed by atoms with Crippen LogP contribution in [0.1, 0.15) is 33.4 Å². The molecule has 3 atom stereocenters. The highest BCUT2D eigenvalue weighted by molar-refractivity contribution is 5.38. The Kier molecular flexibility index (Phi) is 24.0. The maximum Gasteiger partial charge on any atom is 0.122 e. The fourth-order valence-electron chi connectivity index (χ4n) is 9.38. The van der Waals surface area contributed by atoms with Crippen LogP contribution in [0.25, 0.3) is 0 Å². The molecule has 6 aromatic carbocycles. The molecule has 408 valence electrons. The fourth-order valence-corrected chi connectivity index (χ4v) is 9.38. The SMILES string of the molecule is COc1cccc(CCc2ccccc2OCC(O)CN2CC=CC2)c1.COc1cccc(CCc2ccccc2OC[C@H](O)CN2CC=CC2)c1.Oc1cccc(CCc2ccccc2OC[C@@H](O)CN2CC=CC2)c1. The third-order valence-corrected chi connectivity index (χ3v) is 13.5. The van der Waals surface area contributed by atoms with Crippen molar-refractivity contribution in [3.63, 3.8) is 0 Å². The molecule has 0 spiro atoms. The summed E-state index contributed by atoms with van der Waals surface area (Å²) >= 11 is 0. The molecule has 3 aliphatic heterocycles. The van der Waals surface area contributed by atoms with Gasteiger partial charge >= 0.3 is 0 Å². The Balaban J connectivity index is 0.000000168. The van der Waals surface area contributed by atoms with Crippen molar-refractivity contribution in [2.24, 2.45) is 0 Å². The first kappa shape index (κ1) is 57.8.